The smallest absolute Gasteiger partial charge is 0.406 e. The van der Waals surface area contributed by atoms with Gasteiger partial charge in [0, 0.05) is 38.4 Å². The van der Waals surface area contributed by atoms with Gasteiger partial charge in [-0.25, -0.2) is 18.4 Å². The summed E-state index contributed by atoms with van der Waals surface area (Å²) >= 11 is 0. The molecule has 3 aromatic rings. The lowest BCUT2D eigenvalue weighted by Gasteiger charge is -2.31. The summed E-state index contributed by atoms with van der Waals surface area (Å²) in [5.41, 5.74) is 2.64. The fourth-order valence-corrected chi connectivity index (χ4v) is 6.29. The van der Waals surface area contributed by atoms with Crippen LogP contribution in [0, 0.1) is 0 Å². The Labute approximate surface area is 200 Å². The van der Waals surface area contributed by atoms with E-state index in [0.29, 0.717) is 50.7 Å². The number of fused-ring (bicyclic) bond motifs is 1. The number of sulfonamides is 1. The van der Waals surface area contributed by atoms with Crippen molar-refractivity contribution >= 4 is 21.2 Å². The Morgan fingerprint density at radius 3 is 2.34 bits per heavy atom. The van der Waals surface area contributed by atoms with Gasteiger partial charge < -0.3 is 14.5 Å². The highest BCUT2D eigenvalue weighted by Gasteiger charge is 2.33. The zero-order chi connectivity index (χ0) is 24.6. The van der Waals surface area contributed by atoms with Crippen LogP contribution in [0.2, 0.25) is 0 Å². The number of halogens is 3. The van der Waals surface area contributed by atoms with Crippen molar-refractivity contribution in [1.82, 2.24) is 19.3 Å². The van der Waals surface area contributed by atoms with E-state index in [1.165, 1.54) is 4.31 Å². The van der Waals surface area contributed by atoms with Gasteiger partial charge in [0.05, 0.1) is 10.4 Å². The van der Waals surface area contributed by atoms with Crippen molar-refractivity contribution in [2.24, 2.45) is 0 Å². The molecule has 0 bridgehead atoms. The van der Waals surface area contributed by atoms with Crippen LogP contribution in [0.1, 0.15) is 48.9 Å². The van der Waals surface area contributed by atoms with Gasteiger partial charge in [-0.2, -0.15) is 4.31 Å². The minimum atomic E-state index is -4.83. The number of aromatic nitrogens is 3. The van der Waals surface area contributed by atoms with Crippen LogP contribution >= 0.6 is 0 Å². The number of alkyl halides is 3. The zero-order valence-corrected chi connectivity index (χ0v) is 19.6. The number of pyridine rings is 1. The Morgan fingerprint density at radius 1 is 1.00 bits per heavy atom. The lowest BCUT2D eigenvalue weighted by Crippen LogP contribution is -2.37. The zero-order valence-electron chi connectivity index (χ0n) is 18.8. The lowest BCUT2D eigenvalue weighted by atomic mass is 9.90. The molecule has 2 aliphatic heterocycles. The molecule has 0 amide bonds. The van der Waals surface area contributed by atoms with Crippen molar-refractivity contribution in [1.29, 1.82) is 0 Å². The van der Waals surface area contributed by atoms with Gasteiger partial charge in [-0.15, -0.1) is 13.2 Å². The van der Waals surface area contributed by atoms with Crippen molar-refractivity contribution in [3.8, 4) is 5.75 Å². The first-order valence-corrected chi connectivity index (χ1v) is 12.9. The van der Waals surface area contributed by atoms with E-state index in [2.05, 4.69) is 14.7 Å². The number of aromatic amines is 1. The van der Waals surface area contributed by atoms with E-state index in [1.54, 1.807) is 6.20 Å². The van der Waals surface area contributed by atoms with Crippen molar-refractivity contribution in [2.45, 2.75) is 48.8 Å². The van der Waals surface area contributed by atoms with Gasteiger partial charge in [-0.05, 0) is 67.5 Å². The van der Waals surface area contributed by atoms with Gasteiger partial charge in [0.25, 0.3) is 0 Å². The first-order valence-electron chi connectivity index (χ1n) is 11.5. The van der Waals surface area contributed by atoms with Crippen LogP contribution in [0.15, 0.2) is 41.4 Å². The second kappa shape index (κ2) is 9.40. The molecule has 0 aliphatic carbocycles. The highest BCUT2D eigenvalue weighted by atomic mass is 32.2. The maximum Gasteiger partial charge on any atom is 0.573 e. The molecular formula is C23H25F3N4O4S. The van der Waals surface area contributed by atoms with Crippen LogP contribution in [0.3, 0.4) is 0 Å². The number of hydrogen-bond donors (Lipinski definition) is 1. The van der Waals surface area contributed by atoms with E-state index in [1.807, 2.05) is 6.07 Å². The maximum atomic E-state index is 13.0. The van der Waals surface area contributed by atoms with Crippen LogP contribution < -0.4 is 4.74 Å². The molecule has 12 heteroatoms. The Balaban J connectivity index is 1.29. The molecule has 2 saturated heterocycles. The van der Waals surface area contributed by atoms with Gasteiger partial charge in [0.2, 0.25) is 10.0 Å². The highest BCUT2D eigenvalue weighted by Crippen LogP contribution is 2.35. The van der Waals surface area contributed by atoms with Gasteiger partial charge in [0.15, 0.2) is 5.65 Å². The van der Waals surface area contributed by atoms with Crippen molar-refractivity contribution < 1.29 is 31.1 Å². The number of ether oxygens (including phenoxy) is 2. The second-order valence-corrected chi connectivity index (χ2v) is 10.7. The SMILES string of the molecule is O=S(=O)(c1ccc(OC(F)(F)F)cc1)N1CCC(c2ccnc3nc(C4CCOCC4)[nH]c23)CC1. The molecule has 4 heterocycles. The molecule has 35 heavy (non-hydrogen) atoms. The number of piperidine rings is 1. The number of rotatable bonds is 5. The van der Waals surface area contributed by atoms with E-state index in [9.17, 15) is 21.6 Å². The molecule has 8 nitrogen and oxygen atoms in total. The molecule has 1 aromatic carbocycles. The third-order valence-electron chi connectivity index (χ3n) is 6.64. The Morgan fingerprint density at radius 2 is 1.69 bits per heavy atom. The van der Waals surface area contributed by atoms with Crippen LogP contribution in [0.4, 0.5) is 13.2 Å². The molecule has 188 valence electrons. The summed E-state index contributed by atoms with van der Waals surface area (Å²) < 4.78 is 73.9. The minimum Gasteiger partial charge on any atom is -0.406 e. The summed E-state index contributed by atoms with van der Waals surface area (Å²) in [4.78, 5) is 12.5. The third kappa shape index (κ3) is 5.14. The van der Waals surface area contributed by atoms with Gasteiger partial charge in [-0.3, -0.25) is 0 Å². The molecule has 0 spiro atoms. The summed E-state index contributed by atoms with van der Waals surface area (Å²) in [6, 6.07) is 6.25. The molecule has 0 radical (unpaired) electrons. The topological polar surface area (TPSA) is 97.4 Å². The molecule has 2 aliphatic rings. The molecule has 0 atom stereocenters. The quantitative estimate of drug-likeness (QED) is 0.549. The van der Waals surface area contributed by atoms with E-state index < -0.39 is 22.1 Å². The van der Waals surface area contributed by atoms with Crippen molar-refractivity contribution in [3.05, 3.63) is 47.9 Å². The summed E-state index contributed by atoms with van der Waals surface area (Å²) in [6.45, 7) is 2.04. The average Bonchev–Trinajstić information content (AvgIpc) is 3.29. The molecule has 0 unspecified atom stereocenters. The Kier molecular flexibility index (Phi) is 6.45. The molecule has 2 fully saturated rings. The van der Waals surface area contributed by atoms with E-state index >= 15 is 0 Å². The fourth-order valence-electron chi connectivity index (χ4n) is 4.82. The third-order valence-corrected chi connectivity index (χ3v) is 8.55. The van der Waals surface area contributed by atoms with Crippen LogP contribution in [-0.2, 0) is 14.8 Å². The van der Waals surface area contributed by atoms with Gasteiger partial charge >= 0.3 is 6.36 Å². The summed E-state index contributed by atoms with van der Waals surface area (Å²) in [5.74, 6) is 0.904. The molecule has 2 aromatic heterocycles. The van der Waals surface area contributed by atoms with Crippen LogP contribution in [0.5, 0.6) is 5.75 Å². The number of hydrogen-bond acceptors (Lipinski definition) is 6. The van der Waals surface area contributed by atoms with Gasteiger partial charge in [-0.1, -0.05) is 0 Å². The molecule has 5 rings (SSSR count). The largest absolute Gasteiger partial charge is 0.573 e. The van der Waals surface area contributed by atoms with E-state index in [4.69, 9.17) is 9.72 Å². The Bertz CT molecular complexity index is 1280. The highest BCUT2D eigenvalue weighted by molar-refractivity contribution is 7.89. The summed E-state index contributed by atoms with van der Waals surface area (Å²) in [6.07, 6.45) is -0.0528. The first-order chi connectivity index (χ1) is 16.7. The normalized spacial score (nSPS) is 19.3. The predicted octanol–water partition coefficient (Wildman–Crippen LogP) is 4.32. The number of nitrogens with one attached hydrogen (secondary N) is 1. The minimum absolute atomic E-state index is 0.0635. The van der Waals surface area contributed by atoms with Crippen LogP contribution in [0.25, 0.3) is 11.2 Å². The van der Waals surface area contributed by atoms with Crippen molar-refractivity contribution in [3.63, 3.8) is 0 Å². The predicted molar refractivity (Wildman–Crippen MR) is 121 cm³/mol. The van der Waals surface area contributed by atoms with Gasteiger partial charge in [0.1, 0.15) is 11.6 Å². The second-order valence-electron chi connectivity index (χ2n) is 8.81. The number of imidazole rings is 1. The summed E-state index contributed by atoms with van der Waals surface area (Å²) in [7, 11) is -3.83. The number of benzene rings is 1. The first kappa shape index (κ1) is 24.0. The van der Waals surface area contributed by atoms with E-state index in [0.717, 1.165) is 54.0 Å². The lowest BCUT2D eigenvalue weighted by molar-refractivity contribution is -0.274. The fraction of sp³-hybridized carbons (Fsp3) is 0.478. The average molecular weight is 511 g/mol. The van der Waals surface area contributed by atoms with E-state index in [-0.39, 0.29) is 10.8 Å². The summed E-state index contributed by atoms with van der Waals surface area (Å²) in [5, 5.41) is 0. The standard InChI is InChI=1S/C23H25F3N4O4S/c24-23(25,26)34-17-1-3-18(4-2-17)35(31,32)30-11-6-15(7-12-30)19-5-10-27-22-20(19)28-21(29-22)16-8-13-33-14-9-16/h1-5,10,15-16H,6-9,11-14H2,(H,27,28,29). The molecule has 1 N–H and O–H groups in total. The van der Waals surface area contributed by atoms with Crippen molar-refractivity contribution in [2.75, 3.05) is 26.3 Å². The molecule has 0 saturated carbocycles. The number of nitrogens with zero attached hydrogens (tertiary/aromatic N) is 3. The maximum absolute atomic E-state index is 13.0. The molecular weight excluding hydrogens is 485 g/mol. The Hall–Kier alpha value is -2.70. The van der Waals surface area contributed by atoms with Crippen LogP contribution in [-0.4, -0.2) is 60.3 Å². The number of H-pyrrole nitrogens is 1. The monoisotopic (exact) mass is 510 g/mol.